The van der Waals surface area contributed by atoms with Crippen molar-refractivity contribution in [2.45, 2.75) is 31.8 Å². The molecule has 1 aromatic carbocycles. The Morgan fingerprint density at radius 3 is 2.84 bits per heavy atom. The third-order valence-corrected chi connectivity index (χ3v) is 4.35. The number of benzene rings is 1. The van der Waals surface area contributed by atoms with Crippen molar-refractivity contribution >= 4 is 26.8 Å². The standard InChI is InChI=1S/C16H19BrN2/c17-8-9-19(15-5-3-6-15)12-13-10-14-4-1-2-7-16(14)18-11-13/h1-2,4,7,10-11,15H,3,5-6,8-9,12H2. The SMILES string of the molecule is BrCCN(Cc1cnc2ccccc2c1)C1CCC1. The average molecular weight is 319 g/mol. The lowest BCUT2D eigenvalue weighted by Crippen LogP contribution is -2.40. The van der Waals surface area contributed by atoms with Crippen LogP contribution < -0.4 is 0 Å². The van der Waals surface area contributed by atoms with Crippen LogP contribution in [-0.4, -0.2) is 27.8 Å². The zero-order valence-electron chi connectivity index (χ0n) is 11.1. The summed E-state index contributed by atoms with van der Waals surface area (Å²) in [5, 5.41) is 2.29. The maximum atomic E-state index is 4.56. The molecule has 0 spiro atoms. The van der Waals surface area contributed by atoms with Crippen molar-refractivity contribution < 1.29 is 0 Å². The highest BCUT2D eigenvalue weighted by molar-refractivity contribution is 9.09. The summed E-state index contributed by atoms with van der Waals surface area (Å²) in [5.74, 6) is 0. The Kier molecular flexibility index (Phi) is 4.14. The van der Waals surface area contributed by atoms with Gasteiger partial charge in [-0.3, -0.25) is 9.88 Å². The molecular weight excluding hydrogens is 300 g/mol. The highest BCUT2D eigenvalue weighted by atomic mass is 79.9. The second-order valence-electron chi connectivity index (χ2n) is 5.28. The van der Waals surface area contributed by atoms with Crippen molar-refractivity contribution in [3.8, 4) is 0 Å². The third kappa shape index (κ3) is 2.98. The number of fused-ring (bicyclic) bond motifs is 1. The Morgan fingerprint density at radius 2 is 2.11 bits per heavy atom. The van der Waals surface area contributed by atoms with Gasteiger partial charge in [0, 0.05) is 36.0 Å². The van der Waals surface area contributed by atoms with Crippen LogP contribution in [0.2, 0.25) is 0 Å². The molecule has 3 rings (SSSR count). The zero-order chi connectivity index (χ0) is 13.1. The number of rotatable bonds is 5. The summed E-state index contributed by atoms with van der Waals surface area (Å²) in [7, 11) is 0. The van der Waals surface area contributed by atoms with Crippen molar-refractivity contribution in [1.82, 2.24) is 9.88 Å². The number of pyridine rings is 1. The van der Waals surface area contributed by atoms with Crippen molar-refractivity contribution in [3.63, 3.8) is 0 Å². The molecule has 0 bridgehead atoms. The Labute approximate surface area is 123 Å². The van der Waals surface area contributed by atoms with Gasteiger partial charge in [0.05, 0.1) is 5.52 Å². The Bertz CT molecular complexity index is 551. The minimum atomic E-state index is 0.782. The summed E-state index contributed by atoms with van der Waals surface area (Å²) in [5.41, 5.74) is 2.41. The molecule has 1 aliphatic rings. The van der Waals surface area contributed by atoms with Crippen molar-refractivity contribution in [1.29, 1.82) is 0 Å². The Hall–Kier alpha value is -0.930. The summed E-state index contributed by atoms with van der Waals surface area (Å²) < 4.78 is 0. The lowest BCUT2D eigenvalue weighted by Gasteiger charge is -2.37. The zero-order valence-corrected chi connectivity index (χ0v) is 12.6. The number of para-hydroxylation sites is 1. The van der Waals surface area contributed by atoms with Crippen LogP contribution in [0.25, 0.3) is 10.9 Å². The molecule has 1 aromatic heterocycles. The van der Waals surface area contributed by atoms with Crippen molar-refractivity contribution in [2.75, 3.05) is 11.9 Å². The molecule has 2 nitrogen and oxygen atoms in total. The predicted molar refractivity (Wildman–Crippen MR) is 83.6 cm³/mol. The maximum Gasteiger partial charge on any atom is 0.0702 e. The quantitative estimate of drug-likeness (QED) is 0.775. The van der Waals surface area contributed by atoms with Gasteiger partial charge < -0.3 is 0 Å². The molecule has 0 N–H and O–H groups in total. The second-order valence-corrected chi connectivity index (χ2v) is 6.07. The molecular formula is C16H19BrN2. The van der Waals surface area contributed by atoms with Crippen LogP contribution in [0.1, 0.15) is 24.8 Å². The highest BCUT2D eigenvalue weighted by Gasteiger charge is 2.24. The van der Waals surface area contributed by atoms with E-state index in [0.717, 1.165) is 30.0 Å². The highest BCUT2D eigenvalue weighted by Crippen LogP contribution is 2.26. The lowest BCUT2D eigenvalue weighted by molar-refractivity contribution is 0.128. The largest absolute Gasteiger partial charge is 0.295 e. The van der Waals surface area contributed by atoms with Gasteiger partial charge in [-0.05, 0) is 30.5 Å². The van der Waals surface area contributed by atoms with Gasteiger partial charge in [0.1, 0.15) is 0 Å². The van der Waals surface area contributed by atoms with Gasteiger partial charge >= 0.3 is 0 Å². The van der Waals surface area contributed by atoms with Gasteiger partial charge in [0.15, 0.2) is 0 Å². The Balaban J connectivity index is 1.78. The minimum Gasteiger partial charge on any atom is -0.295 e. The van der Waals surface area contributed by atoms with Gasteiger partial charge in [-0.2, -0.15) is 0 Å². The molecule has 0 aliphatic heterocycles. The summed E-state index contributed by atoms with van der Waals surface area (Å²) >= 11 is 3.57. The van der Waals surface area contributed by atoms with Crippen LogP contribution >= 0.6 is 15.9 Å². The van der Waals surface area contributed by atoms with Crippen LogP contribution in [0.4, 0.5) is 0 Å². The van der Waals surface area contributed by atoms with E-state index in [1.807, 2.05) is 12.3 Å². The van der Waals surface area contributed by atoms with E-state index >= 15 is 0 Å². The van der Waals surface area contributed by atoms with E-state index in [1.54, 1.807) is 0 Å². The lowest BCUT2D eigenvalue weighted by atomic mass is 9.91. The topological polar surface area (TPSA) is 16.1 Å². The first-order chi connectivity index (χ1) is 9.36. The predicted octanol–water partition coefficient (Wildman–Crippen LogP) is 3.98. The fourth-order valence-electron chi connectivity index (χ4n) is 2.69. The molecule has 2 aromatic rings. The number of halogens is 1. The molecule has 100 valence electrons. The molecule has 0 radical (unpaired) electrons. The van der Waals surface area contributed by atoms with Gasteiger partial charge in [0.2, 0.25) is 0 Å². The first-order valence-electron chi connectivity index (χ1n) is 7.00. The molecule has 1 fully saturated rings. The van der Waals surface area contributed by atoms with E-state index in [-0.39, 0.29) is 0 Å². The van der Waals surface area contributed by atoms with E-state index in [9.17, 15) is 0 Å². The molecule has 0 saturated heterocycles. The van der Waals surface area contributed by atoms with Crippen LogP contribution in [0.15, 0.2) is 36.5 Å². The normalized spacial score (nSPS) is 15.9. The summed E-state index contributed by atoms with van der Waals surface area (Å²) in [6, 6.07) is 11.4. The van der Waals surface area contributed by atoms with Gasteiger partial charge in [0.25, 0.3) is 0 Å². The fraction of sp³-hybridized carbons (Fsp3) is 0.438. The number of hydrogen-bond acceptors (Lipinski definition) is 2. The molecule has 1 heterocycles. The first kappa shape index (κ1) is 13.1. The van der Waals surface area contributed by atoms with Crippen LogP contribution in [0, 0.1) is 0 Å². The average Bonchev–Trinajstić information content (AvgIpc) is 2.37. The number of alkyl halides is 1. The molecule has 0 amide bonds. The molecule has 0 atom stereocenters. The van der Waals surface area contributed by atoms with E-state index in [0.29, 0.717) is 0 Å². The third-order valence-electron chi connectivity index (χ3n) is 4.00. The molecule has 1 aliphatic carbocycles. The number of hydrogen-bond donors (Lipinski definition) is 0. The summed E-state index contributed by atoms with van der Waals surface area (Å²) in [4.78, 5) is 7.15. The number of nitrogens with zero attached hydrogens (tertiary/aromatic N) is 2. The second kappa shape index (κ2) is 6.02. The van der Waals surface area contributed by atoms with Gasteiger partial charge in [-0.15, -0.1) is 0 Å². The molecule has 19 heavy (non-hydrogen) atoms. The van der Waals surface area contributed by atoms with E-state index in [1.165, 1.54) is 30.2 Å². The number of aromatic nitrogens is 1. The molecule has 1 saturated carbocycles. The maximum absolute atomic E-state index is 4.56. The Morgan fingerprint density at radius 1 is 1.26 bits per heavy atom. The van der Waals surface area contributed by atoms with E-state index < -0.39 is 0 Å². The van der Waals surface area contributed by atoms with Crippen LogP contribution in [0.3, 0.4) is 0 Å². The van der Waals surface area contributed by atoms with Crippen LogP contribution in [0.5, 0.6) is 0 Å². The minimum absolute atomic E-state index is 0.782. The molecule has 3 heteroatoms. The van der Waals surface area contributed by atoms with E-state index in [4.69, 9.17) is 0 Å². The van der Waals surface area contributed by atoms with Gasteiger partial charge in [-0.25, -0.2) is 0 Å². The monoisotopic (exact) mass is 318 g/mol. The summed E-state index contributed by atoms with van der Waals surface area (Å²) in [6.07, 6.45) is 6.13. The van der Waals surface area contributed by atoms with Crippen molar-refractivity contribution in [3.05, 3.63) is 42.1 Å². The van der Waals surface area contributed by atoms with Crippen LogP contribution in [-0.2, 0) is 6.54 Å². The van der Waals surface area contributed by atoms with E-state index in [2.05, 4.69) is 50.1 Å². The first-order valence-corrected chi connectivity index (χ1v) is 8.12. The smallest absolute Gasteiger partial charge is 0.0702 e. The van der Waals surface area contributed by atoms with Gasteiger partial charge in [-0.1, -0.05) is 40.5 Å². The molecule has 0 unspecified atom stereocenters. The summed E-state index contributed by atoms with van der Waals surface area (Å²) in [6.45, 7) is 2.14. The fourth-order valence-corrected chi connectivity index (χ4v) is 3.14. The van der Waals surface area contributed by atoms with Crippen molar-refractivity contribution in [2.24, 2.45) is 0 Å².